The second-order valence-electron chi connectivity index (χ2n) is 4.15. The average molecular weight is 214 g/mol. The van der Waals surface area contributed by atoms with E-state index < -0.39 is 0 Å². The van der Waals surface area contributed by atoms with Gasteiger partial charge in [0.05, 0.1) is 0 Å². The number of fused-ring (bicyclic) bond motifs is 1. The molecule has 0 bridgehead atoms. The minimum absolute atomic E-state index is 0.783. The molecule has 1 aromatic heterocycles. The van der Waals surface area contributed by atoms with Crippen LogP contribution in [-0.4, -0.2) is 21.7 Å². The van der Waals surface area contributed by atoms with Crippen LogP contribution in [0.3, 0.4) is 0 Å². The van der Waals surface area contributed by atoms with E-state index in [1.54, 1.807) is 0 Å². The monoisotopic (exact) mass is 214 g/mol. The van der Waals surface area contributed by atoms with Gasteiger partial charge in [0.15, 0.2) is 5.82 Å². The summed E-state index contributed by atoms with van der Waals surface area (Å²) in [6.45, 7) is 3.94. The number of nitrogens with one attached hydrogen (secondary N) is 2. The maximum atomic E-state index is 4.34. The summed E-state index contributed by atoms with van der Waals surface area (Å²) in [4.78, 5) is 4.34. The highest BCUT2D eigenvalue weighted by Crippen LogP contribution is 2.21. The minimum atomic E-state index is 0.783. The molecule has 0 saturated carbocycles. The molecule has 2 heterocycles. The lowest BCUT2D eigenvalue weighted by Gasteiger charge is -2.17. The van der Waals surface area contributed by atoms with Crippen LogP contribution in [-0.2, 0) is 13.0 Å². The van der Waals surface area contributed by atoms with Gasteiger partial charge in [-0.05, 0) is 37.1 Å². The van der Waals surface area contributed by atoms with Crippen LogP contribution < -0.4 is 5.32 Å². The fourth-order valence-corrected chi connectivity index (χ4v) is 2.09. The van der Waals surface area contributed by atoms with Gasteiger partial charge >= 0.3 is 0 Å². The smallest absolute Gasteiger partial charge is 0.181 e. The molecule has 1 aliphatic rings. The van der Waals surface area contributed by atoms with Gasteiger partial charge in [0, 0.05) is 12.1 Å². The Hall–Kier alpha value is -1.68. The van der Waals surface area contributed by atoms with Crippen LogP contribution in [0.15, 0.2) is 18.2 Å². The molecule has 0 radical (unpaired) electrons. The summed E-state index contributed by atoms with van der Waals surface area (Å²) in [5, 5.41) is 10.4. The van der Waals surface area contributed by atoms with Crippen molar-refractivity contribution in [2.45, 2.75) is 19.9 Å². The Balaban J connectivity index is 2.02. The summed E-state index contributed by atoms with van der Waals surface area (Å²) < 4.78 is 0. The van der Waals surface area contributed by atoms with Gasteiger partial charge in [0.1, 0.15) is 5.82 Å². The maximum absolute atomic E-state index is 4.34. The first-order valence-corrected chi connectivity index (χ1v) is 5.55. The maximum Gasteiger partial charge on any atom is 0.181 e. The molecule has 16 heavy (non-hydrogen) atoms. The van der Waals surface area contributed by atoms with Crippen molar-refractivity contribution >= 4 is 0 Å². The highest BCUT2D eigenvalue weighted by atomic mass is 15.2. The Morgan fingerprint density at radius 3 is 3.00 bits per heavy atom. The molecule has 2 aromatic rings. The molecule has 4 nitrogen and oxygen atoms in total. The molecule has 0 unspecified atom stereocenters. The Labute approximate surface area is 94.1 Å². The Kier molecular flexibility index (Phi) is 2.22. The third kappa shape index (κ3) is 1.61. The van der Waals surface area contributed by atoms with Crippen molar-refractivity contribution in [3.8, 4) is 11.4 Å². The Bertz CT molecular complexity index is 515. The topological polar surface area (TPSA) is 53.6 Å². The average Bonchev–Trinajstić information content (AvgIpc) is 2.75. The molecule has 2 N–H and O–H groups in total. The van der Waals surface area contributed by atoms with E-state index in [9.17, 15) is 0 Å². The lowest BCUT2D eigenvalue weighted by molar-refractivity contribution is 0.644. The van der Waals surface area contributed by atoms with Crippen molar-refractivity contribution in [1.29, 1.82) is 0 Å². The third-order valence-corrected chi connectivity index (χ3v) is 2.95. The number of H-pyrrole nitrogens is 1. The van der Waals surface area contributed by atoms with E-state index in [-0.39, 0.29) is 0 Å². The molecular formula is C12H14N4. The van der Waals surface area contributed by atoms with Gasteiger partial charge in [-0.15, -0.1) is 0 Å². The lowest BCUT2D eigenvalue weighted by Crippen LogP contribution is -2.23. The molecule has 0 atom stereocenters. The van der Waals surface area contributed by atoms with Gasteiger partial charge in [0.25, 0.3) is 0 Å². The molecule has 0 saturated heterocycles. The van der Waals surface area contributed by atoms with E-state index in [1.165, 1.54) is 11.1 Å². The summed E-state index contributed by atoms with van der Waals surface area (Å²) in [5.74, 6) is 1.64. The van der Waals surface area contributed by atoms with Crippen LogP contribution in [0.2, 0.25) is 0 Å². The largest absolute Gasteiger partial charge is 0.312 e. The van der Waals surface area contributed by atoms with Gasteiger partial charge in [-0.1, -0.05) is 12.1 Å². The lowest BCUT2D eigenvalue weighted by atomic mass is 9.98. The number of aryl methyl sites for hydroxylation is 1. The number of benzene rings is 1. The normalized spacial score (nSPS) is 14.8. The standard InChI is InChI=1S/C12H14N4/c1-8-14-12(16-15-8)10-3-2-9-4-5-13-7-11(9)6-10/h2-3,6,13H,4-5,7H2,1H3,(H,14,15,16). The van der Waals surface area contributed by atoms with Crippen LogP contribution in [0.1, 0.15) is 17.0 Å². The van der Waals surface area contributed by atoms with Crippen molar-refractivity contribution in [3.63, 3.8) is 0 Å². The van der Waals surface area contributed by atoms with Crippen molar-refractivity contribution in [1.82, 2.24) is 20.5 Å². The van der Waals surface area contributed by atoms with Crippen LogP contribution in [0.4, 0.5) is 0 Å². The summed E-state index contributed by atoms with van der Waals surface area (Å²) in [7, 11) is 0. The van der Waals surface area contributed by atoms with Gasteiger partial charge in [-0.25, -0.2) is 4.98 Å². The van der Waals surface area contributed by atoms with Gasteiger partial charge in [0.2, 0.25) is 0 Å². The number of hydrogen-bond acceptors (Lipinski definition) is 3. The molecule has 0 fully saturated rings. The van der Waals surface area contributed by atoms with Crippen LogP contribution in [0.25, 0.3) is 11.4 Å². The first kappa shape index (κ1) is 9.54. The van der Waals surface area contributed by atoms with Gasteiger partial charge in [-0.2, -0.15) is 5.10 Å². The molecule has 0 amide bonds. The first-order chi connectivity index (χ1) is 7.83. The van der Waals surface area contributed by atoms with Crippen molar-refractivity contribution in [3.05, 3.63) is 35.2 Å². The minimum Gasteiger partial charge on any atom is -0.312 e. The van der Waals surface area contributed by atoms with E-state index in [4.69, 9.17) is 0 Å². The zero-order valence-corrected chi connectivity index (χ0v) is 9.25. The highest BCUT2D eigenvalue weighted by Gasteiger charge is 2.11. The van der Waals surface area contributed by atoms with E-state index in [0.717, 1.165) is 36.7 Å². The highest BCUT2D eigenvalue weighted by molar-refractivity contribution is 5.57. The molecule has 0 aliphatic carbocycles. The Morgan fingerprint density at radius 1 is 1.25 bits per heavy atom. The fraction of sp³-hybridized carbons (Fsp3) is 0.333. The molecule has 0 spiro atoms. The summed E-state index contributed by atoms with van der Waals surface area (Å²) in [6, 6.07) is 6.48. The van der Waals surface area contributed by atoms with E-state index >= 15 is 0 Å². The first-order valence-electron chi connectivity index (χ1n) is 5.55. The fourth-order valence-electron chi connectivity index (χ4n) is 2.09. The molecular weight excluding hydrogens is 200 g/mol. The second kappa shape index (κ2) is 3.72. The molecule has 4 heteroatoms. The number of hydrogen-bond donors (Lipinski definition) is 2. The number of nitrogens with zero attached hydrogens (tertiary/aromatic N) is 2. The summed E-state index contributed by atoms with van der Waals surface area (Å²) in [5.41, 5.74) is 3.90. The number of aromatic nitrogens is 3. The Morgan fingerprint density at radius 2 is 2.19 bits per heavy atom. The molecule has 1 aliphatic heterocycles. The van der Waals surface area contributed by atoms with Crippen molar-refractivity contribution in [2.24, 2.45) is 0 Å². The van der Waals surface area contributed by atoms with Crippen molar-refractivity contribution in [2.75, 3.05) is 6.54 Å². The van der Waals surface area contributed by atoms with Crippen LogP contribution >= 0.6 is 0 Å². The SMILES string of the molecule is Cc1nc(-c2ccc3c(c2)CNCC3)n[nH]1. The summed E-state index contributed by atoms with van der Waals surface area (Å²) >= 11 is 0. The van der Waals surface area contributed by atoms with Gasteiger partial charge in [-0.3, -0.25) is 5.10 Å². The third-order valence-electron chi connectivity index (χ3n) is 2.95. The van der Waals surface area contributed by atoms with E-state index in [0.29, 0.717) is 0 Å². The summed E-state index contributed by atoms with van der Waals surface area (Å²) in [6.07, 6.45) is 1.11. The molecule has 1 aromatic carbocycles. The van der Waals surface area contributed by atoms with Gasteiger partial charge < -0.3 is 5.32 Å². The second-order valence-corrected chi connectivity index (χ2v) is 4.15. The van der Waals surface area contributed by atoms with Crippen LogP contribution in [0, 0.1) is 6.92 Å². The number of rotatable bonds is 1. The molecule has 82 valence electrons. The van der Waals surface area contributed by atoms with E-state index in [2.05, 4.69) is 38.7 Å². The van der Waals surface area contributed by atoms with E-state index in [1.807, 2.05) is 6.92 Å². The van der Waals surface area contributed by atoms with Crippen molar-refractivity contribution < 1.29 is 0 Å². The predicted octanol–water partition coefficient (Wildman–Crippen LogP) is 1.43. The zero-order valence-electron chi connectivity index (χ0n) is 9.25. The quantitative estimate of drug-likeness (QED) is 0.755. The number of aromatic amines is 1. The molecule has 3 rings (SSSR count). The predicted molar refractivity (Wildman–Crippen MR) is 62.0 cm³/mol. The zero-order chi connectivity index (χ0) is 11.0. The van der Waals surface area contributed by atoms with Crippen LogP contribution in [0.5, 0.6) is 0 Å².